The average Bonchev–Trinajstić information content (AvgIpc) is 2.73. The Morgan fingerprint density at radius 3 is 2.17 bits per heavy atom. The number of ketones is 1. The predicted octanol–water partition coefficient (Wildman–Crippen LogP) is 5.02. The van der Waals surface area contributed by atoms with Crippen LogP contribution in [0.25, 0.3) is 0 Å². The molecular weight excluding hydrogens is 420 g/mol. The van der Waals surface area contributed by atoms with E-state index in [2.05, 4.69) is 9.71 Å². The Morgan fingerprint density at radius 2 is 1.50 bits per heavy atom. The van der Waals surface area contributed by atoms with E-state index in [1.54, 1.807) is 60.7 Å². The summed E-state index contributed by atoms with van der Waals surface area (Å²) in [4.78, 5) is 13.0. The Bertz CT molecular complexity index is 1290. The molecule has 0 fully saturated rings. The van der Waals surface area contributed by atoms with Crippen LogP contribution in [0, 0.1) is 6.92 Å². The monoisotopic (exact) mass is 436 g/mol. The standard InChI is InChI=1S/C23H17ClN2O3S/c1-15-6-12-18(13-7-15)30(28,29)26-21-14-22(25-17-10-8-16(24)9-11-17)23(27)20-5-3-2-4-19(20)21/h2-14,25H,1H3/b26-21-. The summed E-state index contributed by atoms with van der Waals surface area (Å²) >= 11 is 5.92. The van der Waals surface area contributed by atoms with Crippen LogP contribution in [-0.4, -0.2) is 19.9 Å². The van der Waals surface area contributed by atoms with Crippen LogP contribution in [-0.2, 0) is 10.0 Å². The molecule has 0 radical (unpaired) electrons. The van der Waals surface area contributed by atoms with E-state index in [9.17, 15) is 13.2 Å². The van der Waals surface area contributed by atoms with E-state index in [4.69, 9.17) is 11.6 Å². The van der Waals surface area contributed by atoms with E-state index in [0.29, 0.717) is 21.8 Å². The summed E-state index contributed by atoms with van der Waals surface area (Å²) in [7, 11) is -3.95. The second-order valence-corrected chi connectivity index (χ2v) is 8.87. The molecule has 1 aliphatic carbocycles. The minimum atomic E-state index is -3.95. The highest BCUT2D eigenvalue weighted by atomic mass is 35.5. The molecule has 0 saturated carbocycles. The SMILES string of the molecule is Cc1ccc(S(=O)(=O)/N=C2/C=C(Nc3ccc(Cl)cc3)C(=O)c3ccccc32)cc1. The fraction of sp³-hybridized carbons (Fsp3) is 0.0435. The summed E-state index contributed by atoms with van der Waals surface area (Å²) in [6.07, 6.45) is 1.46. The molecule has 0 amide bonds. The van der Waals surface area contributed by atoms with Gasteiger partial charge in [0.25, 0.3) is 10.0 Å². The number of Topliss-reactive ketones (excluding diaryl/α,β-unsaturated/α-hetero) is 1. The first-order valence-electron chi connectivity index (χ1n) is 9.13. The number of nitrogens with zero attached hydrogens (tertiary/aromatic N) is 1. The highest BCUT2D eigenvalue weighted by Crippen LogP contribution is 2.25. The summed E-state index contributed by atoms with van der Waals surface area (Å²) in [5.41, 5.74) is 2.88. The van der Waals surface area contributed by atoms with Gasteiger partial charge in [0.15, 0.2) is 0 Å². The fourth-order valence-corrected chi connectivity index (χ4v) is 4.20. The number of anilines is 1. The molecule has 30 heavy (non-hydrogen) atoms. The molecule has 0 bridgehead atoms. The van der Waals surface area contributed by atoms with Gasteiger partial charge in [0.05, 0.1) is 16.3 Å². The van der Waals surface area contributed by atoms with Crippen LogP contribution in [0.1, 0.15) is 21.5 Å². The van der Waals surface area contributed by atoms with Gasteiger partial charge in [-0.05, 0) is 49.4 Å². The van der Waals surface area contributed by atoms with Gasteiger partial charge in [0.2, 0.25) is 5.78 Å². The van der Waals surface area contributed by atoms with E-state index in [0.717, 1.165) is 5.56 Å². The van der Waals surface area contributed by atoms with E-state index in [-0.39, 0.29) is 22.1 Å². The number of halogens is 1. The number of allylic oxidation sites excluding steroid dienone is 2. The summed E-state index contributed by atoms with van der Waals surface area (Å²) in [6, 6.07) is 20.1. The van der Waals surface area contributed by atoms with Crippen LogP contribution in [0.4, 0.5) is 5.69 Å². The molecule has 0 heterocycles. The van der Waals surface area contributed by atoms with Crippen molar-refractivity contribution >= 4 is 38.8 Å². The summed E-state index contributed by atoms with van der Waals surface area (Å²) < 4.78 is 29.8. The lowest BCUT2D eigenvalue weighted by Crippen LogP contribution is -2.22. The normalized spacial score (nSPS) is 14.9. The lowest BCUT2D eigenvalue weighted by atomic mass is 9.92. The van der Waals surface area contributed by atoms with Gasteiger partial charge in [-0.25, -0.2) is 0 Å². The van der Waals surface area contributed by atoms with Gasteiger partial charge in [-0.15, -0.1) is 0 Å². The maximum atomic E-state index is 12.9. The Kier molecular flexibility index (Phi) is 5.28. The zero-order chi connectivity index (χ0) is 21.3. The number of sulfonamides is 1. The topological polar surface area (TPSA) is 75.6 Å². The number of rotatable bonds is 4. The second-order valence-electron chi connectivity index (χ2n) is 6.83. The van der Waals surface area contributed by atoms with Crippen LogP contribution >= 0.6 is 11.6 Å². The quantitative estimate of drug-likeness (QED) is 0.623. The molecule has 0 spiro atoms. The van der Waals surface area contributed by atoms with Crippen molar-refractivity contribution in [2.75, 3.05) is 5.32 Å². The average molecular weight is 437 g/mol. The highest BCUT2D eigenvalue weighted by molar-refractivity contribution is 7.90. The molecule has 1 aliphatic rings. The first-order valence-corrected chi connectivity index (χ1v) is 11.0. The molecular formula is C23H17ClN2O3S. The number of hydrogen-bond donors (Lipinski definition) is 1. The van der Waals surface area contributed by atoms with Crippen molar-refractivity contribution in [2.45, 2.75) is 11.8 Å². The maximum Gasteiger partial charge on any atom is 0.282 e. The van der Waals surface area contributed by atoms with E-state index >= 15 is 0 Å². The lowest BCUT2D eigenvalue weighted by Gasteiger charge is -2.18. The Labute approximate surface area is 179 Å². The Hall–Kier alpha value is -3.22. The van der Waals surface area contributed by atoms with Gasteiger partial charge >= 0.3 is 0 Å². The van der Waals surface area contributed by atoms with Crippen molar-refractivity contribution in [3.8, 4) is 0 Å². The van der Waals surface area contributed by atoms with Crippen molar-refractivity contribution in [1.29, 1.82) is 0 Å². The number of nitrogens with one attached hydrogen (secondary N) is 1. The molecule has 0 aliphatic heterocycles. The van der Waals surface area contributed by atoms with Crippen LogP contribution in [0.5, 0.6) is 0 Å². The van der Waals surface area contributed by atoms with E-state index < -0.39 is 10.0 Å². The molecule has 0 aromatic heterocycles. The molecule has 1 N–H and O–H groups in total. The number of benzene rings is 3. The molecule has 4 rings (SSSR count). The van der Waals surface area contributed by atoms with Crippen molar-refractivity contribution in [3.63, 3.8) is 0 Å². The second kappa shape index (κ2) is 7.89. The molecule has 3 aromatic carbocycles. The third kappa shape index (κ3) is 4.06. The van der Waals surface area contributed by atoms with Crippen LogP contribution < -0.4 is 5.32 Å². The van der Waals surface area contributed by atoms with Crippen LogP contribution in [0.2, 0.25) is 5.02 Å². The smallest absolute Gasteiger partial charge is 0.282 e. The number of carbonyl (C=O) groups excluding carboxylic acids is 1. The molecule has 5 nitrogen and oxygen atoms in total. The fourth-order valence-electron chi connectivity index (χ4n) is 3.08. The minimum Gasteiger partial charge on any atom is -0.352 e. The van der Waals surface area contributed by atoms with Gasteiger partial charge < -0.3 is 5.32 Å². The maximum absolute atomic E-state index is 12.9. The van der Waals surface area contributed by atoms with Crippen molar-refractivity contribution in [3.05, 3.63) is 106 Å². The van der Waals surface area contributed by atoms with Crippen molar-refractivity contribution in [1.82, 2.24) is 0 Å². The molecule has 0 atom stereocenters. The highest BCUT2D eigenvalue weighted by Gasteiger charge is 2.26. The van der Waals surface area contributed by atoms with Gasteiger partial charge in [0, 0.05) is 21.8 Å². The predicted molar refractivity (Wildman–Crippen MR) is 119 cm³/mol. The summed E-state index contributed by atoms with van der Waals surface area (Å²) in [5, 5.41) is 3.61. The van der Waals surface area contributed by atoms with Gasteiger partial charge in [0.1, 0.15) is 0 Å². The molecule has 7 heteroatoms. The van der Waals surface area contributed by atoms with Gasteiger partial charge in [-0.1, -0.05) is 53.6 Å². The molecule has 150 valence electrons. The largest absolute Gasteiger partial charge is 0.352 e. The third-order valence-corrected chi connectivity index (χ3v) is 6.19. The molecule has 0 unspecified atom stereocenters. The number of carbonyl (C=O) groups is 1. The zero-order valence-corrected chi connectivity index (χ0v) is 17.5. The van der Waals surface area contributed by atoms with Gasteiger partial charge in [-0.2, -0.15) is 12.8 Å². The first kappa shape index (κ1) is 20.1. The van der Waals surface area contributed by atoms with E-state index in [1.165, 1.54) is 18.2 Å². The molecule has 0 saturated heterocycles. The number of aryl methyl sites for hydroxylation is 1. The Balaban J connectivity index is 1.80. The lowest BCUT2D eigenvalue weighted by molar-refractivity contribution is 0.103. The minimum absolute atomic E-state index is 0.0931. The van der Waals surface area contributed by atoms with Gasteiger partial charge in [-0.3, -0.25) is 4.79 Å². The summed E-state index contributed by atoms with van der Waals surface area (Å²) in [5.74, 6) is -0.243. The van der Waals surface area contributed by atoms with Crippen molar-refractivity contribution < 1.29 is 13.2 Å². The number of hydrogen-bond acceptors (Lipinski definition) is 4. The van der Waals surface area contributed by atoms with Crippen molar-refractivity contribution in [2.24, 2.45) is 4.40 Å². The summed E-state index contributed by atoms with van der Waals surface area (Å²) in [6.45, 7) is 1.88. The van der Waals surface area contributed by atoms with Crippen LogP contribution in [0.3, 0.4) is 0 Å². The van der Waals surface area contributed by atoms with E-state index in [1.807, 2.05) is 6.92 Å². The third-order valence-electron chi connectivity index (χ3n) is 4.63. The molecule has 3 aromatic rings. The zero-order valence-electron chi connectivity index (χ0n) is 16.0. The Morgan fingerprint density at radius 1 is 0.867 bits per heavy atom. The van der Waals surface area contributed by atoms with Crippen LogP contribution in [0.15, 0.2) is 93.9 Å². The first-order chi connectivity index (χ1) is 14.3. The number of fused-ring (bicyclic) bond motifs is 1.